The first-order chi connectivity index (χ1) is 19.8. The molecule has 5 rings (SSSR count). The van der Waals surface area contributed by atoms with Crippen LogP contribution in [0.2, 0.25) is 0 Å². The van der Waals surface area contributed by atoms with Crippen molar-refractivity contribution in [2.24, 2.45) is 11.8 Å². The first kappa shape index (κ1) is 29.1. The summed E-state index contributed by atoms with van der Waals surface area (Å²) in [6.07, 6.45) is 2.00. The molecule has 7 nitrogen and oxygen atoms in total. The molecule has 0 aliphatic carbocycles. The summed E-state index contributed by atoms with van der Waals surface area (Å²) in [4.78, 5) is 20.5. The number of carbonyl (C=O) groups excluding carboxylic acids is 1. The normalized spacial score (nSPS) is 20.3. The minimum Gasteiger partial charge on any atom is -0.381 e. The zero-order valence-corrected chi connectivity index (χ0v) is 23.5. The summed E-state index contributed by atoms with van der Waals surface area (Å²) in [6.45, 7) is 6.15. The van der Waals surface area contributed by atoms with Crippen LogP contribution in [0.15, 0.2) is 54.7 Å². The smallest absolute Gasteiger partial charge is 0.318 e. The summed E-state index contributed by atoms with van der Waals surface area (Å²) in [7, 11) is 0. The van der Waals surface area contributed by atoms with Crippen LogP contribution < -0.4 is 10.6 Å². The van der Waals surface area contributed by atoms with Crippen LogP contribution in [0.4, 0.5) is 18.0 Å². The van der Waals surface area contributed by atoms with Crippen molar-refractivity contribution in [2.75, 3.05) is 32.8 Å². The van der Waals surface area contributed by atoms with Crippen LogP contribution in [0.1, 0.15) is 44.1 Å². The third-order valence-electron chi connectivity index (χ3n) is 7.88. The number of halogens is 3. The maximum atomic E-state index is 15.0. The lowest BCUT2D eigenvalue weighted by Gasteiger charge is -2.40. The van der Waals surface area contributed by atoms with Gasteiger partial charge in [0.15, 0.2) is 0 Å². The molecule has 2 aromatic carbocycles. The van der Waals surface area contributed by atoms with Gasteiger partial charge in [0.2, 0.25) is 0 Å². The van der Waals surface area contributed by atoms with Gasteiger partial charge >= 0.3 is 6.03 Å². The van der Waals surface area contributed by atoms with Gasteiger partial charge in [-0.05, 0) is 56.4 Å². The van der Waals surface area contributed by atoms with Crippen LogP contribution in [0.3, 0.4) is 0 Å². The van der Waals surface area contributed by atoms with Gasteiger partial charge in [-0.25, -0.2) is 22.9 Å². The van der Waals surface area contributed by atoms with E-state index >= 15 is 0 Å². The number of nitrogens with one attached hydrogen (secondary N) is 2. The quantitative estimate of drug-likeness (QED) is 0.366. The lowest BCUT2D eigenvalue weighted by molar-refractivity contribution is 0.0256. The predicted octanol–water partition coefficient (Wildman–Crippen LogP) is 5.32. The predicted molar refractivity (Wildman–Crippen MR) is 151 cm³/mol. The third kappa shape index (κ3) is 6.93. The van der Waals surface area contributed by atoms with Crippen LogP contribution >= 0.6 is 0 Å². The minimum absolute atomic E-state index is 0.0313. The summed E-state index contributed by atoms with van der Waals surface area (Å²) >= 11 is 0. The molecule has 3 atom stereocenters. The zero-order valence-electron chi connectivity index (χ0n) is 23.5. The number of urea groups is 1. The van der Waals surface area contributed by atoms with Crippen LogP contribution in [-0.2, 0) is 11.3 Å². The fourth-order valence-corrected chi connectivity index (χ4v) is 5.82. The molecule has 2 aliphatic rings. The molecule has 0 bridgehead atoms. The summed E-state index contributed by atoms with van der Waals surface area (Å²) in [5, 5.41) is 6.11. The molecule has 1 aromatic heterocycles. The van der Waals surface area contributed by atoms with Gasteiger partial charge in [0.25, 0.3) is 0 Å². The standard InChI is InChI=1S/C31H38F3N5O2/c1-20(2)36-31(40)39(18-23-15-35-16-27(23)34)29(22-10-12-41-13-11-22)30-37-28(25-14-24(32)8-9-26(25)33)19-38(30)17-21-6-4-3-5-7-21/h3-9,14,19-20,22-23,27,29,35H,10-13,15-18H2,1-2H3,(H,36,40)/t23-,27-,29?/m0/s1. The molecule has 1 unspecified atom stereocenters. The Labute approximate surface area is 239 Å². The Morgan fingerprint density at radius 1 is 1.15 bits per heavy atom. The van der Waals surface area contributed by atoms with Gasteiger partial charge in [-0.1, -0.05) is 30.3 Å². The van der Waals surface area contributed by atoms with Crippen molar-refractivity contribution in [3.05, 3.63) is 77.8 Å². The largest absolute Gasteiger partial charge is 0.381 e. The molecule has 2 aliphatic heterocycles. The lowest BCUT2D eigenvalue weighted by Crippen LogP contribution is -2.50. The molecule has 0 saturated carbocycles. The fraction of sp³-hybridized carbons (Fsp3) is 0.484. The average Bonchev–Trinajstić information content (AvgIpc) is 3.56. The Bertz CT molecular complexity index is 1310. The highest BCUT2D eigenvalue weighted by Crippen LogP contribution is 2.38. The number of nitrogens with zero attached hydrogens (tertiary/aromatic N) is 3. The van der Waals surface area contributed by atoms with Crippen molar-refractivity contribution in [1.82, 2.24) is 25.1 Å². The van der Waals surface area contributed by atoms with E-state index in [9.17, 15) is 18.0 Å². The Morgan fingerprint density at radius 3 is 2.59 bits per heavy atom. The molecule has 41 heavy (non-hydrogen) atoms. The zero-order chi connectivity index (χ0) is 28.9. The van der Waals surface area contributed by atoms with Gasteiger partial charge in [0.05, 0.1) is 11.7 Å². The summed E-state index contributed by atoms with van der Waals surface area (Å²) in [5.41, 5.74) is 1.32. The van der Waals surface area contributed by atoms with Crippen LogP contribution in [0.25, 0.3) is 11.3 Å². The number of imidazole rings is 1. The van der Waals surface area contributed by atoms with Crippen LogP contribution in [0.5, 0.6) is 0 Å². The number of carbonyl (C=O) groups is 1. The fourth-order valence-electron chi connectivity index (χ4n) is 5.82. The van der Waals surface area contributed by atoms with E-state index in [1.807, 2.05) is 48.7 Å². The average molecular weight is 570 g/mol. The minimum atomic E-state index is -1.08. The van der Waals surface area contributed by atoms with Gasteiger partial charge < -0.3 is 24.8 Å². The van der Waals surface area contributed by atoms with Crippen molar-refractivity contribution < 1.29 is 22.7 Å². The van der Waals surface area contributed by atoms with E-state index in [1.54, 1.807) is 11.1 Å². The van der Waals surface area contributed by atoms with E-state index in [0.717, 1.165) is 23.8 Å². The number of benzene rings is 2. The van der Waals surface area contributed by atoms with Crippen molar-refractivity contribution in [2.45, 2.75) is 51.5 Å². The van der Waals surface area contributed by atoms with E-state index in [4.69, 9.17) is 9.72 Å². The summed E-state index contributed by atoms with van der Waals surface area (Å²) in [5.74, 6) is -1.01. The molecule has 2 saturated heterocycles. The highest BCUT2D eigenvalue weighted by Gasteiger charge is 2.40. The van der Waals surface area contributed by atoms with Gasteiger partial charge in [0, 0.05) is 63.1 Å². The van der Waals surface area contributed by atoms with Gasteiger partial charge in [-0.3, -0.25) is 0 Å². The third-order valence-corrected chi connectivity index (χ3v) is 7.88. The second-order valence-electron chi connectivity index (χ2n) is 11.3. The molecule has 10 heteroatoms. The molecule has 0 radical (unpaired) electrons. The highest BCUT2D eigenvalue weighted by molar-refractivity contribution is 5.75. The lowest BCUT2D eigenvalue weighted by atomic mass is 9.89. The first-order valence-electron chi connectivity index (χ1n) is 14.4. The number of alkyl halides is 1. The summed E-state index contributed by atoms with van der Waals surface area (Å²) in [6, 6.07) is 12.1. The Kier molecular flexibility index (Phi) is 9.29. The van der Waals surface area contributed by atoms with Gasteiger partial charge in [-0.2, -0.15) is 0 Å². The second kappa shape index (κ2) is 13.1. The van der Waals surface area contributed by atoms with Gasteiger partial charge in [0.1, 0.15) is 23.6 Å². The highest BCUT2D eigenvalue weighted by atomic mass is 19.1. The van der Waals surface area contributed by atoms with Crippen molar-refractivity contribution in [1.29, 1.82) is 0 Å². The molecule has 3 heterocycles. The number of ether oxygens (including phenoxy) is 1. The van der Waals surface area contributed by atoms with E-state index in [1.165, 1.54) is 0 Å². The van der Waals surface area contributed by atoms with E-state index in [-0.39, 0.29) is 48.3 Å². The number of rotatable bonds is 9. The molecule has 3 aromatic rings. The number of hydrogen-bond acceptors (Lipinski definition) is 4. The maximum absolute atomic E-state index is 15.0. The van der Waals surface area contributed by atoms with Crippen molar-refractivity contribution in [3.63, 3.8) is 0 Å². The molecule has 2 N–H and O–H groups in total. The molecule has 0 spiro atoms. The van der Waals surface area contributed by atoms with Crippen molar-refractivity contribution >= 4 is 6.03 Å². The SMILES string of the molecule is CC(C)NC(=O)N(C[C@@H]1CNC[C@@H]1F)C(c1nc(-c2cc(F)ccc2F)cn1Cc1ccccc1)C1CCOCC1. The second-order valence-corrected chi connectivity index (χ2v) is 11.3. The summed E-state index contributed by atoms with van der Waals surface area (Å²) < 4.78 is 51.7. The molecule has 2 amide bonds. The Morgan fingerprint density at radius 2 is 1.90 bits per heavy atom. The number of hydrogen-bond donors (Lipinski definition) is 2. The topological polar surface area (TPSA) is 71.4 Å². The molecular formula is C31H38F3N5O2. The molecular weight excluding hydrogens is 531 g/mol. The Balaban J connectivity index is 1.65. The monoisotopic (exact) mass is 569 g/mol. The van der Waals surface area contributed by atoms with E-state index in [0.29, 0.717) is 45.0 Å². The van der Waals surface area contributed by atoms with Crippen LogP contribution in [0, 0.1) is 23.5 Å². The number of aromatic nitrogens is 2. The first-order valence-corrected chi connectivity index (χ1v) is 14.4. The van der Waals surface area contributed by atoms with Gasteiger partial charge in [-0.15, -0.1) is 0 Å². The molecule has 220 valence electrons. The molecule has 2 fully saturated rings. The Hall–Kier alpha value is -3.37. The maximum Gasteiger partial charge on any atom is 0.318 e. The van der Waals surface area contributed by atoms with Crippen LogP contribution in [-0.4, -0.2) is 65.5 Å². The number of amides is 2. The van der Waals surface area contributed by atoms with Crippen molar-refractivity contribution in [3.8, 4) is 11.3 Å². The van der Waals surface area contributed by atoms with E-state index in [2.05, 4.69) is 10.6 Å². The van der Waals surface area contributed by atoms with E-state index < -0.39 is 23.8 Å².